The van der Waals surface area contributed by atoms with Crippen molar-refractivity contribution < 1.29 is 4.79 Å². The van der Waals surface area contributed by atoms with Gasteiger partial charge < -0.3 is 10.2 Å². The van der Waals surface area contributed by atoms with Gasteiger partial charge in [-0.15, -0.1) is 0 Å². The van der Waals surface area contributed by atoms with Crippen LogP contribution in [-0.4, -0.2) is 36.4 Å². The lowest BCUT2D eigenvalue weighted by atomic mass is 10.3. The lowest BCUT2D eigenvalue weighted by Gasteiger charge is -2.13. The van der Waals surface area contributed by atoms with Gasteiger partial charge in [0.1, 0.15) is 5.69 Å². The topological polar surface area (TPSA) is 45.2 Å². The van der Waals surface area contributed by atoms with Crippen LogP contribution in [0.4, 0.5) is 5.69 Å². The van der Waals surface area contributed by atoms with E-state index >= 15 is 0 Å². The molecule has 0 aliphatic rings. The predicted molar refractivity (Wildman–Crippen MR) is 56.4 cm³/mol. The number of pyridine rings is 1. The van der Waals surface area contributed by atoms with Crippen molar-refractivity contribution in [3.63, 3.8) is 0 Å². The molecule has 1 N–H and O–H groups in total. The van der Waals surface area contributed by atoms with E-state index in [1.165, 1.54) is 0 Å². The molecule has 0 fully saturated rings. The van der Waals surface area contributed by atoms with E-state index in [0.717, 1.165) is 5.69 Å². The highest BCUT2D eigenvalue weighted by Crippen LogP contribution is 2.06. The maximum absolute atomic E-state index is 11.6. The van der Waals surface area contributed by atoms with Crippen LogP contribution in [0.3, 0.4) is 0 Å². The number of nitrogens with one attached hydrogen (secondary N) is 1. The Hall–Kier alpha value is -1.58. The summed E-state index contributed by atoms with van der Waals surface area (Å²) < 4.78 is 0. The molecule has 0 atom stereocenters. The Morgan fingerprint density at radius 2 is 2.29 bits per heavy atom. The highest BCUT2D eigenvalue weighted by molar-refractivity contribution is 5.92. The van der Waals surface area contributed by atoms with Gasteiger partial charge in [0.2, 0.25) is 0 Å². The first-order valence-electron chi connectivity index (χ1n) is 4.58. The van der Waals surface area contributed by atoms with Crippen molar-refractivity contribution in [2.45, 2.75) is 6.92 Å². The van der Waals surface area contributed by atoms with Crippen molar-refractivity contribution >= 4 is 11.6 Å². The van der Waals surface area contributed by atoms with E-state index in [2.05, 4.69) is 10.3 Å². The summed E-state index contributed by atoms with van der Waals surface area (Å²) in [4.78, 5) is 17.3. The highest BCUT2D eigenvalue weighted by Gasteiger charge is 2.10. The summed E-state index contributed by atoms with van der Waals surface area (Å²) in [5.41, 5.74) is 1.38. The summed E-state index contributed by atoms with van der Waals surface area (Å²) in [7, 11) is 3.58. The van der Waals surface area contributed by atoms with Crippen molar-refractivity contribution in [2.24, 2.45) is 0 Å². The third-order valence-corrected chi connectivity index (χ3v) is 2.09. The minimum atomic E-state index is -0.0462. The van der Waals surface area contributed by atoms with Crippen LogP contribution in [0.25, 0.3) is 0 Å². The molecule has 1 heterocycles. The van der Waals surface area contributed by atoms with Crippen LogP contribution in [0.15, 0.2) is 18.3 Å². The molecule has 0 bridgehead atoms. The fourth-order valence-electron chi connectivity index (χ4n) is 1.01. The zero-order chi connectivity index (χ0) is 10.6. The van der Waals surface area contributed by atoms with Crippen molar-refractivity contribution in [1.82, 2.24) is 9.88 Å². The Labute approximate surface area is 83.9 Å². The molecule has 0 saturated heterocycles. The average Bonchev–Trinajstić information content (AvgIpc) is 2.27. The van der Waals surface area contributed by atoms with Gasteiger partial charge in [-0.1, -0.05) is 0 Å². The molecule has 14 heavy (non-hydrogen) atoms. The van der Waals surface area contributed by atoms with Gasteiger partial charge in [-0.3, -0.25) is 4.79 Å². The fraction of sp³-hybridized carbons (Fsp3) is 0.400. The number of aromatic nitrogens is 1. The van der Waals surface area contributed by atoms with E-state index in [4.69, 9.17) is 0 Å². The fourth-order valence-corrected chi connectivity index (χ4v) is 1.01. The molecule has 0 spiro atoms. The van der Waals surface area contributed by atoms with Gasteiger partial charge in [-0.25, -0.2) is 4.98 Å². The summed E-state index contributed by atoms with van der Waals surface area (Å²) in [6.07, 6.45) is 1.65. The predicted octanol–water partition coefficient (Wildman–Crippen LogP) is 1.22. The van der Waals surface area contributed by atoms with E-state index < -0.39 is 0 Å². The van der Waals surface area contributed by atoms with Gasteiger partial charge in [-0.2, -0.15) is 0 Å². The molecule has 0 unspecified atom stereocenters. The van der Waals surface area contributed by atoms with Gasteiger partial charge in [0, 0.05) is 20.6 Å². The van der Waals surface area contributed by atoms with Crippen LogP contribution in [0.5, 0.6) is 0 Å². The van der Waals surface area contributed by atoms with Crippen LogP contribution < -0.4 is 5.32 Å². The maximum Gasteiger partial charge on any atom is 0.272 e. The first kappa shape index (κ1) is 10.5. The molecule has 1 amide bonds. The summed E-state index contributed by atoms with van der Waals surface area (Å²) in [6, 6.07) is 3.56. The van der Waals surface area contributed by atoms with E-state index in [9.17, 15) is 4.79 Å². The molecule has 1 aromatic heterocycles. The number of carbonyl (C=O) groups excluding carboxylic acids is 1. The van der Waals surface area contributed by atoms with Crippen LogP contribution in [0.1, 0.15) is 17.4 Å². The number of hydrogen-bond donors (Lipinski definition) is 1. The quantitative estimate of drug-likeness (QED) is 0.785. The number of amides is 1. The van der Waals surface area contributed by atoms with Crippen molar-refractivity contribution in [2.75, 3.05) is 26.0 Å². The molecule has 0 aliphatic carbocycles. The van der Waals surface area contributed by atoms with Crippen molar-refractivity contribution in [3.05, 3.63) is 24.0 Å². The van der Waals surface area contributed by atoms with Crippen molar-refractivity contribution in [3.8, 4) is 0 Å². The highest BCUT2D eigenvalue weighted by atomic mass is 16.2. The maximum atomic E-state index is 11.6. The summed E-state index contributed by atoms with van der Waals surface area (Å²) in [5, 5.41) is 2.95. The van der Waals surface area contributed by atoms with Crippen molar-refractivity contribution in [1.29, 1.82) is 0 Å². The molecule has 4 nitrogen and oxygen atoms in total. The van der Waals surface area contributed by atoms with E-state index in [0.29, 0.717) is 12.2 Å². The molecule has 0 aliphatic heterocycles. The molecular weight excluding hydrogens is 178 g/mol. The minimum absolute atomic E-state index is 0.0462. The van der Waals surface area contributed by atoms with Gasteiger partial charge in [0.25, 0.3) is 5.91 Å². The number of nitrogens with zero attached hydrogens (tertiary/aromatic N) is 2. The Bertz CT molecular complexity index is 308. The van der Waals surface area contributed by atoms with Gasteiger partial charge in [0.15, 0.2) is 0 Å². The second kappa shape index (κ2) is 4.60. The van der Waals surface area contributed by atoms with Gasteiger partial charge in [0.05, 0.1) is 11.9 Å². The van der Waals surface area contributed by atoms with E-state index in [1.807, 2.05) is 20.0 Å². The largest absolute Gasteiger partial charge is 0.387 e. The second-order valence-electron chi connectivity index (χ2n) is 3.00. The molecule has 1 rings (SSSR count). The number of anilines is 1. The summed E-state index contributed by atoms with van der Waals surface area (Å²) in [6.45, 7) is 2.62. The van der Waals surface area contributed by atoms with Crippen LogP contribution in [-0.2, 0) is 0 Å². The van der Waals surface area contributed by atoms with E-state index in [-0.39, 0.29) is 5.91 Å². The standard InChI is InChI=1S/C10H15N3O/c1-4-13(3)10(14)9-6-5-8(11-2)7-12-9/h5-7,11H,4H2,1-3H3. The zero-order valence-corrected chi connectivity index (χ0v) is 8.74. The smallest absolute Gasteiger partial charge is 0.272 e. The Kier molecular flexibility index (Phi) is 3.45. The molecule has 0 radical (unpaired) electrons. The number of rotatable bonds is 3. The van der Waals surface area contributed by atoms with Crippen LogP contribution >= 0.6 is 0 Å². The normalized spacial score (nSPS) is 9.64. The zero-order valence-electron chi connectivity index (χ0n) is 8.74. The summed E-state index contributed by atoms with van der Waals surface area (Å²) in [5.74, 6) is -0.0462. The monoisotopic (exact) mass is 193 g/mol. The lowest BCUT2D eigenvalue weighted by molar-refractivity contribution is 0.0797. The summed E-state index contributed by atoms with van der Waals surface area (Å²) >= 11 is 0. The van der Waals surface area contributed by atoms with Gasteiger partial charge >= 0.3 is 0 Å². The first-order valence-corrected chi connectivity index (χ1v) is 4.58. The minimum Gasteiger partial charge on any atom is -0.387 e. The lowest BCUT2D eigenvalue weighted by Crippen LogP contribution is -2.26. The molecule has 0 aromatic carbocycles. The SMILES string of the molecule is CCN(C)C(=O)c1ccc(NC)cn1. The second-order valence-corrected chi connectivity index (χ2v) is 3.00. The first-order chi connectivity index (χ1) is 6.69. The number of carbonyl (C=O) groups is 1. The Morgan fingerprint density at radius 3 is 2.71 bits per heavy atom. The number of hydrogen-bond acceptors (Lipinski definition) is 3. The van der Waals surface area contributed by atoms with Crippen LogP contribution in [0, 0.1) is 0 Å². The van der Waals surface area contributed by atoms with Crippen LogP contribution in [0.2, 0.25) is 0 Å². The van der Waals surface area contributed by atoms with Gasteiger partial charge in [-0.05, 0) is 19.1 Å². The molecule has 1 aromatic rings. The molecular formula is C10H15N3O. The average molecular weight is 193 g/mol. The molecule has 4 heteroatoms. The Morgan fingerprint density at radius 1 is 1.57 bits per heavy atom. The van der Waals surface area contributed by atoms with E-state index in [1.54, 1.807) is 24.2 Å². The molecule has 76 valence electrons. The molecule has 0 saturated carbocycles. The third-order valence-electron chi connectivity index (χ3n) is 2.09. The third kappa shape index (κ3) is 2.22. The Balaban J connectivity index is 2.81.